The normalized spacial score (nSPS) is 10.0. The molecule has 0 atom stereocenters. The van der Waals surface area contributed by atoms with Gasteiger partial charge in [0.2, 0.25) is 0 Å². The fourth-order valence-electron chi connectivity index (χ4n) is 1.44. The molecule has 5 nitrogen and oxygen atoms in total. The number of rotatable bonds is 3. The van der Waals surface area contributed by atoms with Gasteiger partial charge in [0.05, 0.1) is 16.9 Å². The average Bonchev–Trinajstić information content (AvgIpc) is 2.42. The molecule has 1 amide bonds. The monoisotopic (exact) mass is 275 g/mol. The van der Waals surface area contributed by atoms with Crippen molar-refractivity contribution in [2.45, 2.75) is 6.92 Å². The number of anilines is 1. The average molecular weight is 276 g/mol. The van der Waals surface area contributed by atoms with Crippen molar-refractivity contribution in [3.63, 3.8) is 0 Å². The number of hydrogen-bond acceptors (Lipinski definition) is 4. The van der Waals surface area contributed by atoms with Gasteiger partial charge in [0.15, 0.2) is 5.78 Å². The van der Waals surface area contributed by atoms with E-state index in [9.17, 15) is 9.59 Å². The highest BCUT2D eigenvalue weighted by molar-refractivity contribution is 6.34. The fourth-order valence-corrected chi connectivity index (χ4v) is 1.61. The lowest BCUT2D eigenvalue weighted by Gasteiger charge is -2.07. The number of aromatic nitrogens is 2. The van der Waals surface area contributed by atoms with Gasteiger partial charge < -0.3 is 5.32 Å². The summed E-state index contributed by atoms with van der Waals surface area (Å²) in [6.07, 6.45) is 4.24. The Hall–Kier alpha value is -2.27. The summed E-state index contributed by atoms with van der Waals surface area (Å²) in [6, 6.07) is 4.69. The maximum Gasteiger partial charge on any atom is 0.275 e. The van der Waals surface area contributed by atoms with Gasteiger partial charge in [-0.3, -0.25) is 14.6 Å². The van der Waals surface area contributed by atoms with Crippen molar-refractivity contribution in [2.24, 2.45) is 0 Å². The Morgan fingerprint density at radius 3 is 2.68 bits per heavy atom. The fraction of sp³-hybridized carbons (Fsp3) is 0.0769. The lowest BCUT2D eigenvalue weighted by atomic mass is 10.1. The Labute approximate surface area is 114 Å². The van der Waals surface area contributed by atoms with Crippen LogP contribution in [0.15, 0.2) is 36.8 Å². The summed E-state index contributed by atoms with van der Waals surface area (Å²) in [4.78, 5) is 30.9. The summed E-state index contributed by atoms with van der Waals surface area (Å²) in [6.45, 7) is 1.44. The van der Waals surface area contributed by atoms with E-state index in [1.165, 1.54) is 31.6 Å². The highest BCUT2D eigenvalue weighted by atomic mass is 35.5. The highest BCUT2D eigenvalue weighted by Gasteiger charge is 2.11. The third-order valence-corrected chi connectivity index (χ3v) is 2.75. The number of Topliss-reactive ketones (excluding diaryl/α,β-unsaturated/α-hetero) is 1. The number of benzene rings is 1. The third-order valence-electron chi connectivity index (χ3n) is 2.42. The quantitative estimate of drug-likeness (QED) is 0.874. The largest absolute Gasteiger partial charge is 0.319 e. The van der Waals surface area contributed by atoms with Crippen molar-refractivity contribution in [3.05, 3.63) is 53.1 Å². The minimum Gasteiger partial charge on any atom is -0.319 e. The van der Waals surface area contributed by atoms with Crippen LogP contribution in [0.1, 0.15) is 27.8 Å². The van der Waals surface area contributed by atoms with Crippen molar-refractivity contribution in [3.8, 4) is 0 Å². The van der Waals surface area contributed by atoms with E-state index in [1.54, 1.807) is 12.1 Å². The Bertz CT molecular complexity index is 629. The van der Waals surface area contributed by atoms with Crippen LogP contribution in [-0.4, -0.2) is 21.7 Å². The summed E-state index contributed by atoms with van der Waals surface area (Å²) in [7, 11) is 0. The first-order valence-corrected chi connectivity index (χ1v) is 5.83. The smallest absolute Gasteiger partial charge is 0.275 e. The predicted molar refractivity (Wildman–Crippen MR) is 71.4 cm³/mol. The molecule has 1 aromatic heterocycles. The van der Waals surface area contributed by atoms with Crippen LogP contribution < -0.4 is 5.32 Å². The van der Waals surface area contributed by atoms with Gasteiger partial charge in [0, 0.05) is 18.0 Å². The van der Waals surface area contributed by atoms with Crippen LogP contribution in [0.2, 0.25) is 5.02 Å². The standard InChI is InChI=1S/C13H10ClN3O2/c1-8(18)9-2-3-10(14)11(6-9)17-13(19)12-7-15-4-5-16-12/h2-7H,1H3,(H,17,19). The van der Waals surface area contributed by atoms with Gasteiger partial charge >= 0.3 is 0 Å². The van der Waals surface area contributed by atoms with Gasteiger partial charge in [-0.1, -0.05) is 11.6 Å². The number of amides is 1. The third kappa shape index (κ3) is 3.14. The summed E-state index contributed by atoms with van der Waals surface area (Å²) >= 11 is 5.97. The molecule has 0 saturated heterocycles. The molecule has 1 heterocycles. The van der Waals surface area contributed by atoms with Gasteiger partial charge in [0.25, 0.3) is 5.91 Å². The van der Waals surface area contributed by atoms with Crippen molar-refractivity contribution in [2.75, 3.05) is 5.32 Å². The zero-order chi connectivity index (χ0) is 13.8. The van der Waals surface area contributed by atoms with E-state index in [0.717, 1.165) is 0 Å². The Morgan fingerprint density at radius 2 is 2.05 bits per heavy atom. The SMILES string of the molecule is CC(=O)c1ccc(Cl)c(NC(=O)c2cnccn2)c1. The summed E-state index contributed by atoms with van der Waals surface area (Å²) in [5, 5.41) is 2.95. The molecule has 1 aromatic carbocycles. The molecule has 1 N–H and O–H groups in total. The first kappa shape index (κ1) is 13.2. The second-order valence-corrected chi connectivity index (χ2v) is 4.20. The number of nitrogens with zero attached hydrogens (tertiary/aromatic N) is 2. The van der Waals surface area contributed by atoms with Gasteiger partial charge in [-0.25, -0.2) is 4.98 Å². The topological polar surface area (TPSA) is 72.0 Å². The molecular weight excluding hydrogens is 266 g/mol. The van der Waals surface area contributed by atoms with Crippen LogP contribution in [-0.2, 0) is 0 Å². The summed E-state index contributed by atoms with van der Waals surface area (Å²) < 4.78 is 0. The first-order valence-electron chi connectivity index (χ1n) is 5.46. The summed E-state index contributed by atoms with van der Waals surface area (Å²) in [5.41, 5.74) is 1.01. The van der Waals surface area contributed by atoms with E-state index in [1.807, 2.05) is 0 Å². The lowest BCUT2D eigenvalue weighted by molar-refractivity contribution is 0.100. The number of ketones is 1. The van der Waals surface area contributed by atoms with E-state index in [2.05, 4.69) is 15.3 Å². The van der Waals surface area contributed by atoms with Crippen LogP contribution in [0.5, 0.6) is 0 Å². The Morgan fingerprint density at radius 1 is 1.26 bits per heavy atom. The van der Waals surface area contributed by atoms with E-state index >= 15 is 0 Å². The number of halogens is 1. The second-order valence-electron chi connectivity index (χ2n) is 3.80. The number of carbonyl (C=O) groups excluding carboxylic acids is 2. The molecule has 0 aliphatic carbocycles. The minimum absolute atomic E-state index is 0.105. The molecular formula is C13H10ClN3O2. The zero-order valence-electron chi connectivity index (χ0n) is 10.1. The van der Waals surface area contributed by atoms with Gasteiger partial charge in [-0.2, -0.15) is 0 Å². The lowest BCUT2D eigenvalue weighted by Crippen LogP contribution is -2.14. The van der Waals surface area contributed by atoms with Crippen molar-refractivity contribution in [1.82, 2.24) is 9.97 Å². The Kier molecular flexibility index (Phi) is 3.87. The van der Waals surface area contributed by atoms with Crippen molar-refractivity contribution >= 4 is 29.0 Å². The van der Waals surface area contributed by atoms with E-state index in [-0.39, 0.29) is 11.5 Å². The molecule has 0 spiro atoms. The molecule has 2 aromatic rings. The van der Waals surface area contributed by atoms with Gasteiger partial charge in [0.1, 0.15) is 5.69 Å². The predicted octanol–water partition coefficient (Wildman–Crippen LogP) is 2.58. The Balaban J connectivity index is 2.26. The highest BCUT2D eigenvalue weighted by Crippen LogP contribution is 2.23. The molecule has 6 heteroatoms. The minimum atomic E-state index is -0.435. The molecule has 2 rings (SSSR count). The van der Waals surface area contributed by atoms with Crippen molar-refractivity contribution in [1.29, 1.82) is 0 Å². The van der Waals surface area contributed by atoms with Crippen LogP contribution in [0.3, 0.4) is 0 Å². The summed E-state index contributed by atoms with van der Waals surface area (Å²) in [5.74, 6) is -0.539. The molecule has 96 valence electrons. The van der Waals surface area contributed by atoms with E-state index in [4.69, 9.17) is 11.6 Å². The van der Waals surface area contributed by atoms with Gasteiger partial charge in [-0.15, -0.1) is 0 Å². The van der Waals surface area contributed by atoms with Crippen LogP contribution in [0.4, 0.5) is 5.69 Å². The number of nitrogens with one attached hydrogen (secondary N) is 1. The molecule has 0 aliphatic rings. The maximum absolute atomic E-state index is 11.9. The zero-order valence-corrected chi connectivity index (χ0v) is 10.8. The first-order chi connectivity index (χ1) is 9.08. The van der Waals surface area contributed by atoms with Crippen LogP contribution in [0.25, 0.3) is 0 Å². The molecule has 0 bridgehead atoms. The van der Waals surface area contributed by atoms with Crippen LogP contribution in [0, 0.1) is 0 Å². The molecule has 0 unspecified atom stereocenters. The second kappa shape index (κ2) is 5.58. The van der Waals surface area contributed by atoms with Crippen molar-refractivity contribution < 1.29 is 9.59 Å². The molecule has 0 aliphatic heterocycles. The van der Waals surface area contributed by atoms with E-state index < -0.39 is 5.91 Å². The molecule has 0 saturated carbocycles. The van der Waals surface area contributed by atoms with E-state index in [0.29, 0.717) is 16.3 Å². The molecule has 0 fully saturated rings. The van der Waals surface area contributed by atoms with Gasteiger partial charge in [-0.05, 0) is 25.1 Å². The maximum atomic E-state index is 11.9. The number of carbonyl (C=O) groups is 2. The molecule has 19 heavy (non-hydrogen) atoms. The van der Waals surface area contributed by atoms with Crippen LogP contribution >= 0.6 is 11.6 Å². The number of hydrogen-bond donors (Lipinski definition) is 1. The molecule has 0 radical (unpaired) electrons.